The molecule has 0 spiro atoms. The summed E-state index contributed by atoms with van der Waals surface area (Å²) in [5.41, 5.74) is 5.59. The molecule has 118 valence electrons. The first-order valence-corrected chi connectivity index (χ1v) is 9.85. The first-order valence-electron chi connectivity index (χ1n) is 8.31. The zero-order chi connectivity index (χ0) is 14.5. The van der Waals surface area contributed by atoms with Gasteiger partial charge in [-0.15, -0.1) is 0 Å². The Bertz CT molecular complexity index is 381. The van der Waals surface area contributed by atoms with E-state index in [-0.39, 0.29) is 10.8 Å². The van der Waals surface area contributed by atoms with Crippen molar-refractivity contribution in [2.45, 2.75) is 87.8 Å². The smallest absolute Gasteiger partial charge is 0.215 e. The van der Waals surface area contributed by atoms with Crippen molar-refractivity contribution in [3.63, 3.8) is 0 Å². The Morgan fingerprint density at radius 3 is 1.95 bits per heavy atom. The SMILES string of the molecule is NCC1(NS(=O)(=O)C2CCCCC2)CCCCCCC1. The monoisotopic (exact) mass is 302 g/mol. The fourth-order valence-electron chi connectivity index (χ4n) is 3.69. The Kier molecular flexibility index (Phi) is 5.87. The molecule has 0 aromatic heterocycles. The lowest BCUT2D eigenvalue weighted by Gasteiger charge is -2.37. The van der Waals surface area contributed by atoms with Gasteiger partial charge in [-0.1, -0.05) is 51.4 Å². The maximum Gasteiger partial charge on any atom is 0.215 e. The van der Waals surface area contributed by atoms with Crippen molar-refractivity contribution in [1.82, 2.24) is 4.72 Å². The lowest BCUT2D eigenvalue weighted by molar-refractivity contribution is 0.293. The van der Waals surface area contributed by atoms with Gasteiger partial charge in [0.25, 0.3) is 0 Å². The molecule has 0 aliphatic heterocycles. The third-order valence-corrected chi connectivity index (χ3v) is 7.12. The van der Waals surface area contributed by atoms with Crippen molar-refractivity contribution in [3.8, 4) is 0 Å². The fourth-order valence-corrected chi connectivity index (χ4v) is 5.70. The molecule has 0 bridgehead atoms. The lowest BCUT2D eigenvalue weighted by Crippen LogP contribution is -2.56. The number of nitrogens with one attached hydrogen (secondary N) is 1. The zero-order valence-corrected chi connectivity index (χ0v) is 13.4. The molecule has 5 heteroatoms. The summed E-state index contributed by atoms with van der Waals surface area (Å²) in [6.07, 6.45) is 12.5. The molecule has 0 amide bonds. The second-order valence-corrected chi connectivity index (χ2v) is 8.62. The van der Waals surface area contributed by atoms with E-state index < -0.39 is 10.0 Å². The van der Waals surface area contributed by atoms with Crippen LogP contribution in [0, 0.1) is 0 Å². The van der Waals surface area contributed by atoms with Crippen LogP contribution >= 0.6 is 0 Å². The van der Waals surface area contributed by atoms with Crippen LogP contribution in [0.5, 0.6) is 0 Å². The number of rotatable bonds is 4. The molecule has 2 aliphatic carbocycles. The molecule has 2 rings (SSSR count). The van der Waals surface area contributed by atoms with Crippen molar-refractivity contribution in [3.05, 3.63) is 0 Å². The van der Waals surface area contributed by atoms with Gasteiger partial charge in [0, 0.05) is 12.1 Å². The summed E-state index contributed by atoms with van der Waals surface area (Å²) in [4.78, 5) is 0. The Balaban J connectivity index is 2.06. The third-order valence-electron chi connectivity index (χ3n) is 5.05. The fraction of sp³-hybridized carbons (Fsp3) is 1.00. The van der Waals surface area contributed by atoms with E-state index in [2.05, 4.69) is 4.72 Å². The highest BCUT2D eigenvalue weighted by Crippen LogP contribution is 2.29. The van der Waals surface area contributed by atoms with Gasteiger partial charge in [-0.05, 0) is 25.7 Å². The molecule has 20 heavy (non-hydrogen) atoms. The van der Waals surface area contributed by atoms with E-state index in [4.69, 9.17) is 5.73 Å². The van der Waals surface area contributed by atoms with Crippen LogP contribution in [0.3, 0.4) is 0 Å². The minimum Gasteiger partial charge on any atom is -0.329 e. The molecule has 2 saturated carbocycles. The Labute approximate surface area is 123 Å². The van der Waals surface area contributed by atoms with Crippen molar-refractivity contribution in [1.29, 1.82) is 0 Å². The number of nitrogens with two attached hydrogens (primary N) is 1. The second kappa shape index (κ2) is 7.23. The molecule has 0 unspecified atom stereocenters. The highest BCUT2D eigenvalue weighted by atomic mass is 32.2. The third kappa shape index (κ3) is 4.18. The van der Waals surface area contributed by atoms with Crippen LogP contribution in [-0.2, 0) is 10.0 Å². The first kappa shape index (κ1) is 16.2. The first-order chi connectivity index (χ1) is 9.58. The van der Waals surface area contributed by atoms with Gasteiger partial charge in [0.2, 0.25) is 10.0 Å². The Hall–Kier alpha value is -0.130. The molecule has 3 N–H and O–H groups in total. The molecule has 0 saturated heterocycles. The van der Waals surface area contributed by atoms with Gasteiger partial charge < -0.3 is 5.73 Å². The Morgan fingerprint density at radius 2 is 1.40 bits per heavy atom. The minimum atomic E-state index is -3.21. The van der Waals surface area contributed by atoms with Crippen molar-refractivity contribution < 1.29 is 8.42 Å². The topological polar surface area (TPSA) is 72.2 Å². The standard InChI is InChI=1S/C15H30N2O2S/c16-13-15(11-7-2-1-3-8-12-15)17-20(18,19)14-9-5-4-6-10-14/h14,17H,1-13,16H2. The van der Waals surface area contributed by atoms with Crippen molar-refractivity contribution >= 4 is 10.0 Å². The van der Waals surface area contributed by atoms with Gasteiger partial charge in [-0.2, -0.15) is 0 Å². The van der Waals surface area contributed by atoms with Gasteiger partial charge in [0.1, 0.15) is 0 Å². The summed E-state index contributed by atoms with van der Waals surface area (Å²) in [6.45, 7) is 0.430. The molecule has 0 atom stereocenters. The molecule has 2 aliphatic rings. The molecule has 0 radical (unpaired) electrons. The quantitative estimate of drug-likeness (QED) is 0.838. The van der Waals surface area contributed by atoms with E-state index in [1.54, 1.807) is 0 Å². The van der Waals surface area contributed by atoms with E-state index in [1.807, 2.05) is 0 Å². The molecular weight excluding hydrogens is 272 g/mol. The largest absolute Gasteiger partial charge is 0.329 e. The van der Waals surface area contributed by atoms with Crippen LogP contribution in [0.15, 0.2) is 0 Å². The van der Waals surface area contributed by atoms with Crippen LogP contribution in [0.25, 0.3) is 0 Å². The predicted octanol–water partition coefficient (Wildman–Crippen LogP) is 2.68. The van der Waals surface area contributed by atoms with E-state index in [1.165, 1.54) is 25.7 Å². The van der Waals surface area contributed by atoms with Crippen LogP contribution in [-0.4, -0.2) is 25.8 Å². The Morgan fingerprint density at radius 1 is 0.900 bits per heavy atom. The summed E-state index contributed by atoms with van der Waals surface area (Å²) in [6, 6.07) is 0. The summed E-state index contributed by atoms with van der Waals surface area (Å²) in [7, 11) is -3.21. The van der Waals surface area contributed by atoms with Gasteiger partial charge >= 0.3 is 0 Å². The van der Waals surface area contributed by atoms with E-state index >= 15 is 0 Å². The number of sulfonamides is 1. The van der Waals surface area contributed by atoms with Crippen LogP contribution < -0.4 is 10.5 Å². The molecular formula is C15H30N2O2S. The molecule has 4 nitrogen and oxygen atoms in total. The molecule has 0 heterocycles. The van der Waals surface area contributed by atoms with Gasteiger partial charge in [-0.3, -0.25) is 0 Å². The lowest BCUT2D eigenvalue weighted by atomic mass is 9.85. The molecule has 0 aromatic carbocycles. The van der Waals surface area contributed by atoms with Crippen LogP contribution in [0.4, 0.5) is 0 Å². The summed E-state index contributed by atoms with van der Waals surface area (Å²) >= 11 is 0. The van der Waals surface area contributed by atoms with Crippen LogP contribution in [0.1, 0.15) is 77.0 Å². The summed E-state index contributed by atoms with van der Waals surface area (Å²) in [5, 5.41) is -0.190. The maximum absolute atomic E-state index is 12.6. The number of hydrogen-bond acceptors (Lipinski definition) is 3. The van der Waals surface area contributed by atoms with Gasteiger partial charge in [0.15, 0.2) is 0 Å². The van der Waals surface area contributed by atoms with Crippen molar-refractivity contribution in [2.24, 2.45) is 5.73 Å². The average molecular weight is 302 g/mol. The second-order valence-electron chi connectivity index (χ2n) is 6.66. The maximum atomic E-state index is 12.6. The van der Waals surface area contributed by atoms with Crippen LogP contribution in [0.2, 0.25) is 0 Å². The van der Waals surface area contributed by atoms with E-state index in [0.717, 1.165) is 51.4 Å². The highest BCUT2D eigenvalue weighted by molar-refractivity contribution is 7.90. The normalized spacial score (nSPS) is 25.9. The minimum absolute atomic E-state index is 0.190. The predicted molar refractivity (Wildman–Crippen MR) is 83.0 cm³/mol. The molecule has 2 fully saturated rings. The van der Waals surface area contributed by atoms with Crippen molar-refractivity contribution in [2.75, 3.05) is 6.54 Å². The summed E-state index contributed by atoms with van der Waals surface area (Å²) < 4.78 is 28.3. The summed E-state index contributed by atoms with van der Waals surface area (Å²) in [5.74, 6) is 0. The van der Waals surface area contributed by atoms with Gasteiger partial charge in [0.05, 0.1) is 5.25 Å². The highest BCUT2D eigenvalue weighted by Gasteiger charge is 2.37. The van der Waals surface area contributed by atoms with Gasteiger partial charge in [-0.25, -0.2) is 13.1 Å². The van der Waals surface area contributed by atoms with E-state index in [9.17, 15) is 8.42 Å². The molecule has 0 aromatic rings. The number of hydrogen-bond donors (Lipinski definition) is 2. The zero-order valence-electron chi connectivity index (χ0n) is 12.6. The van der Waals surface area contributed by atoms with E-state index in [0.29, 0.717) is 6.54 Å². The average Bonchev–Trinajstić information content (AvgIpc) is 2.43.